The summed E-state index contributed by atoms with van der Waals surface area (Å²) < 4.78 is 0. The molecular weight excluding hydrogens is 344 g/mol. The zero-order chi connectivity index (χ0) is 17.1. The van der Waals surface area contributed by atoms with E-state index in [1.54, 1.807) is 11.8 Å². The summed E-state index contributed by atoms with van der Waals surface area (Å²) in [6.07, 6.45) is 0.150. The van der Waals surface area contributed by atoms with Gasteiger partial charge in [0.15, 0.2) is 0 Å². The minimum absolute atomic E-state index is 0.150. The second-order valence-corrected chi connectivity index (χ2v) is 7.27. The molecule has 0 spiro atoms. The van der Waals surface area contributed by atoms with E-state index in [1.165, 1.54) is 11.3 Å². The standard InChI is InChI=1S/C15H16N6OS2/c1-8-14(9(2)19-18-8)23-11-6-4-3-5-10(11)17-12(22)7-13-20-21-15(16)24-13/h3-6H,7H2,1-2H3,(H2,16,21)(H,17,22)(H,18,19). The van der Waals surface area contributed by atoms with Crippen LogP contribution in [0, 0.1) is 13.8 Å². The summed E-state index contributed by atoms with van der Waals surface area (Å²) in [5, 5.41) is 18.6. The van der Waals surface area contributed by atoms with Crippen LogP contribution in [-0.4, -0.2) is 26.3 Å². The third-order valence-corrected chi connectivity index (χ3v) is 5.36. The average molecular weight is 360 g/mol. The van der Waals surface area contributed by atoms with Gasteiger partial charge in [-0.2, -0.15) is 5.10 Å². The molecule has 0 saturated heterocycles. The van der Waals surface area contributed by atoms with Crippen molar-refractivity contribution in [3.8, 4) is 0 Å². The molecule has 0 aliphatic carbocycles. The molecule has 0 saturated carbocycles. The molecule has 3 aromatic rings. The maximum absolute atomic E-state index is 12.2. The maximum atomic E-state index is 12.2. The molecular formula is C15H16N6OS2. The van der Waals surface area contributed by atoms with Crippen LogP contribution in [0.1, 0.15) is 16.4 Å². The predicted octanol–water partition coefficient (Wildman–Crippen LogP) is 2.79. The molecule has 3 rings (SSSR count). The lowest BCUT2D eigenvalue weighted by atomic mass is 10.3. The third-order valence-electron chi connectivity index (χ3n) is 3.23. The number of hydrogen-bond acceptors (Lipinski definition) is 7. The highest BCUT2D eigenvalue weighted by molar-refractivity contribution is 7.99. The molecule has 0 fully saturated rings. The van der Waals surface area contributed by atoms with Crippen LogP contribution in [0.25, 0.3) is 0 Å². The first-order valence-electron chi connectivity index (χ1n) is 7.19. The van der Waals surface area contributed by atoms with Gasteiger partial charge in [-0.25, -0.2) is 0 Å². The van der Waals surface area contributed by atoms with E-state index in [1.807, 2.05) is 38.1 Å². The van der Waals surface area contributed by atoms with Gasteiger partial charge in [0.2, 0.25) is 11.0 Å². The normalized spacial score (nSPS) is 10.8. The summed E-state index contributed by atoms with van der Waals surface area (Å²) in [6.45, 7) is 3.93. The lowest BCUT2D eigenvalue weighted by Crippen LogP contribution is -2.14. The summed E-state index contributed by atoms with van der Waals surface area (Å²) in [5.74, 6) is -0.153. The molecule has 24 heavy (non-hydrogen) atoms. The van der Waals surface area contributed by atoms with Gasteiger partial charge in [-0.1, -0.05) is 35.2 Å². The Morgan fingerprint density at radius 1 is 1.33 bits per heavy atom. The minimum Gasteiger partial charge on any atom is -0.374 e. The SMILES string of the molecule is Cc1n[nH]c(C)c1Sc1ccccc1NC(=O)Cc1nnc(N)s1. The molecule has 0 radical (unpaired) electrons. The predicted molar refractivity (Wildman–Crippen MR) is 95.3 cm³/mol. The molecule has 4 N–H and O–H groups in total. The van der Waals surface area contributed by atoms with E-state index in [0.717, 1.165) is 26.9 Å². The Bertz CT molecular complexity index is 853. The number of aromatic amines is 1. The molecule has 0 aliphatic rings. The Morgan fingerprint density at radius 2 is 2.12 bits per heavy atom. The van der Waals surface area contributed by atoms with E-state index in [9.17, 15) is 4.79 Å². The van der Waals surface area contributed by atoms with E-state index < -0.39 is 0 Å². The number of nitrogen functional groups attached to an aromatic ring is 1. The van der Waals surface area contributed by atoms with E-state index >= 15 is 0 Å². The van der Waals surface area contributed by atoms with Crippen molar-refractivity contribution in [2.45, 2.75) is 30.1 Å². The quantitative estimate of drug-likeness (QED) is 0.645. The molecule has 7 nitrogen and oxygen atoms in total. The first-order valence-corrected chi connectivity index (χ1v) is 8.82. The van der Waals surface area contributed by atoms with E-state index in [4.69, 9.17) is 5.73 Å². The molecule has 1 aromatic carbocycles. The van der Waals surface area contributed by atoms with Crippen LogP contribution in [0.4, 0.5) is 10.8 Å². The van der Waals surface area contributed by atoms with Gasteiger partial charge < -0.3 is 11.1 Å². The summed E-state index contributed by atoms with van der Waals surface area (Å²) >= 11 is 2.79. The minimum atomic E-state index is -0.153. The van der Waals surface area contributed by atoms with Gasteiger partial charge in [0, 0.05) is 10.6 Å². The van der Waals surface area contributed by atoms with E-state index in [0.29, 0.717) is 10.1 Å². The van der Waals surface area contributed by atoms with Crippen molar-refractivity contribution in [3.63, 3.8) is 0 Å². The van der Waals surface area contributed by atoms with Crippen molar-refractivity contribution < 1.29 is 4.79 Å². The van der Waals surface area contributed by atoms with Crippen LogP contribution in [0.3, 0.4) is 0 Å². The van der Waals surface area contributed by atoms with Crippen molar-refractivity contribution in [2.24, 2.45) is 0 Å². The van der Waals surface area contributed by atoms with Crippen molar-refractivity contribution >= 4 is 39.8 Å². The summed E-state index contributed by atoms with van der Waals surface area (Å²) in [5.41, 5.74) is 8.23. The highest BCUT2D eigenvalue weighted by Crippen LogP contribution is 2.36. The molecule has 0 unspecified atom stereocenters. The summed E-state index contributed by atoms with van der Waals surface area (Å²) in [4.78, 5) is 14.3. The van der Waals surface area contributed by atoms with Crippen LogP contribution in [0.5, 0.6) is 0 Å². The number of carbonyl (C=O) groups excluding carboxylic acids is 1. The topological polar surface area (TPSA) is 110 Å². The largest absolute Gasteiger partial charge is 0.374 e. The number of nitrogens with zero attached hydrogens (tertiary/aromatic N) is 3. The third kappa shape index (κ3) is 3.74. The highest BCUT2D eigenvalue weighted by atomic mass is 32.2. The number of nitrogens with two attached hydrogens (primary N) is 1. The van der Waals surface area contributed by atoms with Crippen molar-refractivity contribution in [2.75, 3.05) is 11.1 Å². The summed E-state index contributed by atoms with van der Waals surface area (Å²) in [7, 11) is 0. The number of rotatable bonds is 5. The molecule has 1 amide bonds. The number of para-hydroxylation sites is 1. The average Bonchev–Trinajstić information content (AvgIpc) is 3.09. The van der Waals surface area contributed by atoms with Crippen LogP contribution >= 0.6 is 23.1 Å². The maximum Gasteiger partial charge on any atom is 0.231 e. The highest BCUT2D eigenvalue weighted by Gasteiger charge is 2.14. The number of aromatic nitrogens is 4. The van der Waals surface area contributed by atoms with Gasteiger partial charge in [-0.05, 0) is 26.0 Å². The number of hydrogen-bond donors (Lipinski definition) is 3. The Labute approximate surface area is 147 Å². The Morgan fingerprint density at radius 3 is 2.79 bits per heavy atom. The summed E-state index contributed by atoms with van der Waals surface area (Å²) in [6, 6.07) is 7.67. The van der Waals surface area contributed by atoms with Crippen LogP contribution in [-0.2, 0) is 11.2 Å². The fourth-order valence-corrected chi connectivity index (χ4v) is 3.73. The Hall–Kier alpha value is -2.39. The van der Waals surface area contributed by atoms with Crippen molar-refractivity contribution in [1.29, 1.82) is 0 Å². The first kappa shape index (κ1) is 16.5. The number of aryl methyl sites for hydroxylation is 2. The van der Waals surface area contributed by atoms with E-state index in [2.05, 4.69) is 25.7 Å². The zero-order valence-corrected chi connectivity index (χ0v) is 14.8. The number of amides is 1. The van der Waals surface area contributed by atoms with Gasteiger partial charge in [-0.3, -0.25) is 9.89 Å². The monoisotopic (exact) mass is 360 g/mol. The fraction of sp³-hybridized carbons (Fsp3) is 0.200. The van der Waals surface area contributed by atoms with Gasteiger partial charge >= 0.3 is 0 Å². The number of nitrogens with one attached hydrogen (secondary N) is 2. The zero-order valence-electron chi connectivity index (χ0n) is 13.2. The van der Waals surface area contributed by atoms with Crippen LogP contribution in [0.15, 0.2) is 34.1 Å². The van der Waals surface area contributed by atoms with Gasteiger partial charge in [0.25, 0.3) is 0 Å². The molecule has 0 aliphatic heterocycles. The number of anilines is 2. The first-order chi connectivity index (χ1) is 11.5. The van der Waals surface area contributed by atoms with Gasteiger partial charge in [0.1, 0.15) is 5.01 Å². The second kappa shape index (κ2) is 7.02. The molecule has 124 valence electrons. The van der Waals surface area contributed by atoms with Crippen molar-refractivity contribution in [1.82, 2.24) is 20.4 Å². The lowest BCUT2D eigenvalue weighted by Gasteiger charge is -2.10. The number of H-pyrrole nitrogens is 1. The molecule has 0 atom stereocenters. The van der Waals surface area contributed by atoms with Gasteiger partial charge in [0.05, 0.1) is 22.7 Å². The Balaban J connectivity index is 1.75. The number of benzene rings is 1. The van der Waals surface area contributed by atoms with Crippen LogP contribution in [0.2, 0.25) is 0 Å². The molecule has 2 heterocycles. The van der Waals surface area contributed by atoms with Crippen molar-refractivity contribution in [3.05, 3.63) is 40.7 Å². The van der Waals surface area contributed by atoms with Gasteiger partial charge in [-0.15, -0.1) is 10.2 Å². The fourth-order valence-electron chi connectivity index (χ4n) is 2.13. The molecule has 9 heteroatoms. The second-order valence-electron chi connectivity index (χ2n) is 5.12. The van der Waals surface area contributed by atoms with E-state index in [-0.39, 0.29) is 12.3 Å². The Kier molecular flexibility index (Phi) is 4.81. The van der Waals surface area contributed by atoms with Crippen LogP contribution < -0.4 is 11.1 Å². The lowest BCUT2D eigenvalue weighted by molar-refractivity contribution is -0.115. The molecule has 2 aromatic heterocycles. The number of carbonyl (C=O) groups is 1. The smallest absolute Gasteiger partial charge is 0.231 e. The molecule has 0 bridgehead atoms.